The molecule has 2 rings (SSSR count). The molecule has 1 aliphatic heterocycles. The number of benzene rings is 1. The highest BCUT2D eigenvalue weighted by Crippen LogP contribution is 2.40. The summed E-state index contributed by atoms with van der Waals surface area (Å²) in [5, 5.41) is 3.09. The number of nitrogens with two attached hydrogens (primary N) is 1. The minimum atomic E-state index is -0.735. The number of carbonyl (C=O) groups is 1. The van der Waals surface area contributed by atoms with Crippen LogP contribution >= 0.6 is 12.4 Å². The van der Waals surface area contributed by atoms with Crippen LogP contribution in [0.1, 0.15) is 53.0 Å². The zero-order valence-corrected chi connectivity index (χ0v) is 19.3. The van der Waals surface area contributed by atoms with Crippen LogP contribution in [0.5, 0.6) is 0 Å². The molecular weight excluding hydrogens is 391 g/mol. The topological polar surface area (TPSA) is 82.8 Å². The van der Waals surface area contributed by atoms with E-state index in [1.165, 1.54) is 12.7 Å². The third kappa shape index (κ3) is 6.43. The molecule has 1 fully saturated rings. The van der Waals surface area contributed by atoms with Gasteiger partial charge in [0.2, 0.25) is 5.91 Å². The van der Waals surface area contributed by atoms with E-state index in [1.807, 2.05) is 52.8 Å². The standard InChI is InChI=1S/C21H35BN2O4.ClH/c1-19(2)20(3,4)28-22(27-19)21(5,24-18(25)17(23)15-26-6)14-10-13-16-11-8-7-9-12-16;/h7-9,11-12,17H,10,13-15,23H2,1-6H3,(H,24,25);1H/t17-,21+;/m1./s1. The van der Waals surface area contributed by atoms with Gasteiger partial charge in [0.15, 0.2) is 0 Å². The van der Waals surface area contributed by atoms with E-state index >= 15 is 0 Å². The number of ether oxygens (including phenoxy) is 1. The first-order valence-electron chi connectivity index (χ1n) is 9.97. The summed E-state index contributed by atoms with van der Waals surface area (Å²) in [6.07, 6.45) is 2.49. The Morgan fingerprint density at radius 1 is 1.21 bits per heavy atom. The number of carbonyl (C=O) groups excluding carboxylic acids is 1. The number of rotatable bonds is 9. The SMILES string of the molecule is COC[C@@H](N)C(=O)N[C@@](C)(CCCc1ccccc1)B1OC(C)(C)C(C)(C)O1.Cl. The average molecular weight is 427 g/mol. The van der Waals surface area contributed by atoms with Crippen LogP contribution in [-0.2, 0) is 25.3 Å². The lowest BCUT2D eigenvalue weighted by molar-refractivity contribution is -0.124. The number of hydrogen-bond donors (Lipinski definition) is 2. The highest BCUT2D eigenvalue weighted by molar-refractivity contribution is 6.50. The van der Waals surface area contributed by atoms with E-state index in [9.17, 15) is 4.79 Å². The van der Waals surface area contributed by atoms with E-state index in [2.05, 4.69) is 17.4 Å². The molecule has 1 aromatic carbocycles. The van der Waals surface area contributed by atoms with Gasteiger partial charge in [-0.2, -0.15) is 0 Å². The van der Waals surface area contributed by atoms with Crippen LogP contribution < -0.4 is 11.1 Å². The van der Waals surface area contributed by atoms with Crippen LogP contribution in [0.3, 0.4) is 0 Å². The van der Waals surface area contributed by atoms with Gasteiger partial charge in [0, 0.05) is 7.11 Å². The van der Waals surface area contributed by atoms with Crippen LogP contribution in [0.25, 0.3) is 0 Å². The molecule has 0 radical (unpaired) electrons. The van der Waals surface area contributed by atoms with Gasteiger partial charge in [-0.15, -0.1) is 12.4 Å². The van der Waals surface area contributed by atoms with Gasteiger partial charge >= 0.3 is 7.12 Å². The number of aryl methyl sites for hydroxylation is 1. The molecule has 164 valence electrons. The monoisotopic (exact) mass is 426 g/mol. The summed E-state index contributed by atoms with van der Waals surface area (Å²) >= 11 is 0. The molecule has 0 spiro atoms. The van der Waals surface area contributed by atoms with Gasteiger partial charge in [-0.05, 0) is 59.4 Å². The summed E-state index contributed by atoms with van der Waals surface area (Å²) in [7, 11) is 0.965. The van der Waals surface area contributed by atoms with Crippen LogP contribution in [0.15, 0.2) is 30.3 Å². The molecule has 1 heterocycles. The van der Waals surface area contributed by atoms with Crippen molar-refractivity contribution in [3.8, 4) is 0 Å². The molecule has 8 heteroatoms. The molecule has 0 bridgehead atoms. The first kappa shape index (κ1) is 25.9. The number of halogens is 1. The van der Waals surface area contributed by atoms with E-state index in [1.54, 1.807) is 0 Å². The second-order valence-electron chi connectivity index (χ2n) is 8.90. The van der Waals surface area contributed by atoms with Gasteiger partial charge in [-0.3, -0.25) is 4.79 Å². The molecule has 1 amide bonds. The van der Waals surface area contributed by atoms with Gasteiger partial charge < -0.3 is 25.1 Å². The second-order valence-corrected chi connectivity index (χ2v) is 8.90. The predicted molar refractivity (Wildman–Crippen MR) is 119 cm³/mol. The van der Waals surface area contributed by atoms with Crippen molar-refractivity contribution in [3.05, 3.63) is 35.9 Å². The van der Waals surface area contributed by atoms with Crippen molar-refractivity contribution in [1.29, 1.82) is 0 Å². The lowest BCUT2D eigenvalue weighted by atomic mass is 9.62. The summed E-state index contributed by atoms with van der Waals surface area (Å²) in [6.45, 7) is 10.2. The third-order valence-electron chi connectivity index (χ3n) is 5.87. The molecule has 0 aliphatic carbocycles. The number of amides is 1. The molecule has 1 aliphatic rings. The van der Waals surface area contributed by atoms with Crippen molar-refractivity contribution in [2.24, 2.45) is 5.73 Å². The van der Waals surface area contributed by atoms with Crippen LogP contribution in [-0.4, -0.2) is 49.4 Å². The largest absolute Gasteiger partial charge is 0.484 e. The zero-order chi connectivity index (χ0) is 21.0. The second kappa shape index (κ2) is 10.3. The molecule has 6 nitrogen and oxygen atoms in total. The Kier molecular flexibility index (Phi) is 9.18. The van der Waals surface area contributed by atoms with E-state index < -0.39 is 29.8 Å². The molecule has 1 saturated heterocycles. The molecule has 2 atom stereocenters. The molecular formula is C21H36BClN2O4. The molecule has 3 N–H and O–H groups in total. The Labute approximate surface area is 181 Å². The summed E-state index contributed by atoms with van der Waals surface area (Å²) in [5.74, 6) is -0.265. The first-order valence-corrected chi connectivity index (χ1v) is 9.97. The Balaban J connectivity index is 0.00000420. The van der Waals surface area contributed by atoms with Crippen LogP contribution in [0.4, 0.5) is 0 Å². The first-order chi connectivity index (χ1) is 13.0. The van der Waals surface area contributed by atoms with E-state index in [0.29, 0.717) is 6.42 Å². The Morgan fingerprint density at radius 3 is 2.28 bits per heavy atom. The fourth-order valence-electron chi connectivity index (χ4n) is 3.28. The summed E-state index contributed by atoms with van der Waals surface area (Å²) in [5.41, 5.74) is 5.55. The summed E-state index contributed by atoms with van der Waals surface area (Å²) < 4.78 is 17.5. The van der Waals surface area contributed by atoms with Crippen molar-refractivity contribution in [1.82, 2.24) is 5.32 Å². The minimum Gasteiger partial charge on any atom is -0.402 e. The van der Waals surface area contributed by atoms with Crippen LogP contribution in [0.2, 0.25) is 0 Å². The smallest absolute Gasteiger partial charge is 0.402 e. The van der Waals surface area contributed by atoms with Gasteiger partial charge in [0.1, 0.15) is 6.04 Å². The fourth-order valence-corrected chi connectivity index (χ4v) is 3.28. The maximum absolute atomic E-state index is 12.6. The maximum atomic E-state index is 12.6. The quantitative estimate of drug-likeness (QED) is 0.593. The summed E-state index contributed by atoms with van der Waals surface area (Å²) in [4.78, 5) is 12.6. The Hall–Kier alpha value is -1.12. The molecule has 29 heavy (non-hydrogen) atoms. The minimum absolute atomic E-state index is 0. The molecule has 0 aromatic heterocycles. The van der Waals surface area contributed by atoms with Crippen molar-refractivity contribution >= 4 is 25.4 Å². The third-order valence-corrected chi connectivity index (χ3v) is 5.87. The predicted octanol–water partition coefficient (Wildman–Crippen LogP) is 2.91. The number of nitrogens with one attached hydrogen (secondary N) is 1. The lowest BCUT2D eigenvalue weighted by Crippen LogP contribution is -2.61. The summed E-state index contributed by atoms with van der Waals surface area (Å²) in [6, 6.07) is 9.57. The maximum Gasteiger partial charge on any atom is 0.484 e. The molecule has 1 aromatic rings. The van der Waals surface area contributed by atoms with Crippen molar-refractivity contribution < 1.29 is 18.8 Å². The number of methoxy groups -OCH3 is 1. The molecule has 0 saturated carbocycles. The zero-order valence-electron chi connectivity index (χ0n) is 18.5. The van der Waals surface area contributed by atoms with Gasteiger partial charge in [-0.1, -0.05) is 30.3 Å². The van der Waals surface area contributed by atoms with E-state index in [-0.39, 0.29) is 24.9 Å². The fraction of sp³-hybridized carbons (Fsp3) is 0.667. The van der Waals surface area contributed by atoms with Crippen LogP contribution in [0, 0.1) is 0 Å². The normalized spacial score (nSPS) is 20.4. The Bertz CT molecular complexity index is 643. The lowest BCUT2D eigenvalue weighted by Gasteiger charge is -2.34. The molecule has 0 unspecified atom stereocenters. The van der Waals surface area contributed by atoms with E-state index in [4.69, 9.17) is 19.8 Å². The van der Waals surface area contributed by atoms with Gasteiger partial charge in [0.05, 0.1) is 23.2 Å². The highest BCUT2D eigenvalue weighted by atomic mass is 35.5. The van der Waals surface area contributed by atoms with Crippen molar-refractivity contribution in [3.63, 3.8) is 0 Å². The Morgan fingerprint density at radius 2 is 1.76 bits per heavy atom. The van der Waals surface area contributed by atoms with Gasteiger partial charge in [-0.25, -0.2) is 0 Å². The van der Waals surface area contributed by atoms with Crippen molar-refractivity contribution in [2.75, 3.05) is 13.7 Å². The average Bonchev–Trinajstić information content (AvgIpc) is 2.84. The van der Waals surface area contributed by atoms with Crippen molar-refractivity contribution in [2.45, 2.75) is 76.6 Å². The van der Waals surface area contributed by atoms with E-state index in [0.717, 1.165) is 12.8 Å². The van der Waals surface area contributed by atoms with Gasteiger partial charge in [0.25, 0.3) is 0 Å². The highest BCUT2D eigenvalue weighted by Gasteiger charge is 2.58. The number of hydrogen-bond acceptors (Lipinski definition) is 5.